The van der Waals surface area contributed by atoms with Crippen LogP contribution >= 0.6 is 0 Å². The van der Waals surface area contributed by atoms with Crippen molar-refractivity contribution in [3.63, 3.8) is 0 Å². The lowest BCUT2D eigenvalue weighted by Crippen LogP contribution is -2.25. The van der Waals surface area contributed by atoms with Crippen molar-refractivity contribution in [2.24, 2.45) is 11.7 Å². The molecule has 1 aromatic carbocycles. The maximum Gasteiger partial charge on any atom is 0.137 e. The highest BCUT2D eigenvalue weighted by atomic mass is 16.1. The summed E-state index contributed by atoms with van der Waals surface area (Å²) in [6.07, 6.45) is 1.52. The third kappa shape index (κ3) is 3.17. The molecule has 1 aromatic rings. The third-order valence-electron chi connectivity index (χ3n) is 2.73. The minimum Gasteiger partial charge on any atom is -0.323 e. The predicted octanol–water partition coefficient (Wildman–Crippen LogP) is 2.69. The molecule has 1 rings (SSSR count). The summed E-state index contributed by atoms with van der Waals surface area (Å²) in [6.45, 7) is 3.92. The van der Waals surface area contributed by atoms with Gasteiger partial charge in [-0.2, -0.15) is 0 Å². The van der Waals surface area contributed by atoms with Crippen LogP contribution in [0.1, 0.15) is 38.3 Å². The molecule has 0 bridgehead atoms. The number of benzene rings is 1. The molecule has 0 aliphatic rings. The molecule has 0 fully saturated rings. The van der Waals surface area contributed by atoms with E-state index in [1.54, 1.807) is 0 Å². The molecule has 0 saturated carbocycles. The molecule has 2 N–H and O–H groups in total. The van der Waals surface area contributed by atoms with Gasteiger partial charge in [-0.15, -0.1) is 0 Å². The van der Waals surface area contributed by atoms with E-state index in [9.17, 15) is 4.79 Å². The largest absolute Gasteiger partial charge is 0.323 e. The van der Waals surface area contributed by atoms with Crippen molar-refractivity contribution in [1.82, 2.24) is 0 Å². The van der Waals surface area contributed by atoms with E-state index in [1.807, 2.05) is 44.2 Å². The molecule has 2 nitrogen and oxygen atoms in total. The van der Waals surface area contributed by atoms with E-state index in [-0.39, 0.29) is 17.7 Å². The van der Waals surface area contributed by atoms with Crippen molar-refractivity contribution in [2.45, 2.75) is 32.7 Å². The Balaban J connectivity index is 2.68. The number of Topliss-reactive ketones (excluding diaryl/α,β-unsaturated/α-hetero) is 1. The van der Waals surface area contributed by atoms with Crippen molar-refractivity contribution in [1.29, 1.82) is 0 Å². The fraction of sp³-hybridized carbons (Fsp3) is 0.462. The molecule has 2 heteroatoms. The average molecular weight is 205 g/mol. The number of carbonyl (C=O) groups is 1. The Labute approximate surface area is 91.5 Å². The number of hydrogen-bond donors (Lipinski definition) is 1. The van der Waals surface area contributed by atoms with Crippen LogP contribution in [-0.4, -0.2) is 5.78 Å². The highest BCUT2D eigenvalue weighted by Crippen LogP contribution is 2.20. The molecule has 2 unspecified atom stereocenters. The fourth-order valence-electron chi connectivity index (χ4n) is 1.64. The molecule has 82 valence electrons. The highest BCUT2D eigenvalue weighted by Gasteiger charge is 2.20. The van der Waals surface area contributed by atoms with Crippen LogP contribution in [0.25, 0.3) is 0 Å². The van der Waals surface area contributed by atoms with E-state index in [4.69, 9.17) is 5.73 Å². The molecule has 0 radical (unpaired) electrons. The van der Waals surface area contributed by atoms with Gasteiger partial charge >= 0.3 is 0 Å². The van der Waals surface area contributed by atoms with Crippen LogP contribution in [0.15, 0.2) is 30.3 Å². The van der Waals surface area contributed by atoms with E-state index in [0.29, 0.717) is 6.42 Å². The van der Waals surface area contributed by atoms with Crippen LogP contribution in [0.4, 0.5) is 0 Å². The molecule has 0 amide bonds. The summed E-state index contributed by atoms with van der Waals surface area (Å²) in [6, 6.07) is 9.62. The van der Waals surface area contributed by atoms with E-state index in [0.717, 1.165) is 12.0 Å². The topological polar surface area (TPSA) is 43.1 Å². The van der Waals surface area contributed by atoms with Gasteiger partial charge in [-0.25, -0.2) is 0 Å². The van der Waals surface area contributed by atoms with Gasteiger partial charge in [0.05, 0.1) is 0 Å². The van der Waals surface area contributed by atoms with E-state index in [2.05, 4.69) is 0 Å². The van der Waals surface area contributed by atoms with E-state index < -0.39 is 0 Å². The number of carbonyl (C=O) groups excluding carboxylic acids is 1. The van der Waals surface area contributed by atoms with Gasteiger partial charge in [-0.05, 0) is 12.0 Å². The van der Waals surface area contributed by atoms with Gasteiger partial charge in [0, 0.05) is 18.4 Å². The van der Waals surface area contributed by atoms with Crippen LogP contribution in [0.2, 0.25) is 0 Å². The summed E-state index contributed by atoms with van der Waals surface area (Å²) >= 11 is 0. The molecule has 15 heavy (non-hydrogen) atoms. The summed E-state index contributed by atoms with van der Waals surface area (Å²) in [4.78, 5) is 11.7. The third-order valence-corrected chi connectivity index (χ3v) is 2.73. The normalized spacial score (nSPS) is 14.6. The molecular formula is C13H19NO. The fourth-order valence-corrected chi connectivity index (χ4v) is 1.64. The van der Waals surface area contributed by atoms with Crippen molar-refractivity contribution < 1.29 is 4.79 Å². The SMILES string of the molecule is CCCC(=O)C(C)C(N)c1ccccc1. The maximum atomic E-state index is 11.7. The lowest BCUT2D eigenvalue weighted by atomic mass is 9.90. The molecule has 0 aliphatic carbocycles. The van der Waals surface area contributed by atoms with E-state index >= 15 is 0 Å². The van der Waals surface area contributed by atoms with Gasteiger partial charge in [0.1, 0.15) is 5.78 Å². The van der Waals surface area contributed by atoms with Gasteiger partial charge in [0.2, 0.25) is 0 Å². The van der Waals surface area contributed by atoms with Gasteiger partial charge in [0.25, 0.3) is 0 Å². The van der Waals surface area contributed by atoms with Gasteiger partial charge in [-0.3, -0.25) is 4.79 Å². The monoisotopic (exact) mass is 205 g/mol. The standard InChI is InChI=1S/C13H19NO/c1-3-7-12(15)10(2)13(14)11-8-5-4-6-9-11/h4-6,8-10,13H,3,7,14H2,1-2H3. The lowest BCUT2D eigenvalue weighted by molar-refractivity contribution is -0.123. The lowest BCUT2D eigenvalue weighted by Gasteiger charge is -2.18. The van der Waals surface area contributed by atoms with Crippen LogP contribution in [-0.2, 0) is 4.79 Å². The molecular weight excluding hydrogens is 186 g/mol. The number of ketones is 1. The molecule has 0 aromatic heterocycles. The Kier molecular flexibility index (Phi) is 4.50. The van der Waals surface area contributed by atoms with Crippen LogP contribution < -0.4 is 5.73 Å². The van der Waals surface area contributed by atoms with E-state index in [1.165, 1.54) is 0 Å². The van der Waals surface area contributed by atoms with Gasteiger partial charge in [0.15, 0.2) is 0 Å². The summed E-state index contributed by atoms with van der Waals surface area (Å²) in [5.41, 5.74) is 7.09. The molecule has 0 saturated heterocycles. The minimum atomic E-state index is -0.176. The average Bonchev–Trinajstić information content (AvgIpc) is 2.28. The smallest absolute Gasteiger partial charge is 0.137 e. The van der Waals surface area contributed by atoms with Crippen LogP contribution in [0.5, 0.6) is 0 Å². The maximum absolute atomic E-state index is 11.7. The highest BCUT2D eigenvalue weighted by molar-refractivity contribution is 5.81. The molecule has 2 atom stereocenters. The van der Waals surface area contributed by atoms with Crippen LogP contribution in [0, 0.1) is 5.92 Å². The molecule has 0 spiro atoms. The first-order chi connectivity index (χ1) is 7.16. The Morgan fingerprint density at radius 1 is 1.33 bits per heavy atom. The van der Waals surface area contributed by atoms with Crippen LogP contribution in [0.3, 0.4) is 0 Å². The summed E-state index contributed by atoms with van der Waals surface area (Å²) in [5.74, 6) is 0.168. The first-order valence-corrected chi connectivity index (χ1v) is 5.50. The second kappa shape index (κ2) is 5.66. The predicted molar refractivity (Wildman–Crippen MR) is 62.4 cm³/mol. The number of rotatable bonds is 5. The molecule has 0 heterocycles. The zero-order chi connectivity index (χ0) is 11.3. The van der Waals surface area contributed by atoms with Crippen molar-refractivity contribution in [3.05, 3.63) is 35.9 Å². The summed E-state index contributed by atoms with van der Waals surface area (Å²) in [5, 5.41) is 0. The zero-order valence-electron chi connectivity index (χ0n) is 9.44. The Hall–Kier alpha value is -1.15. The quantitative estimate of drug-likeness (QED) is 0.803. The number of nitrogens with two attached hydrogens (primary N) is 1. The second-order valence-electron chi connectivity index (χ2n) is 3.94. The number of hydrogen-bond acceptors (Lipinski definition) is 2. The van der Waals surface area contributed by atoms with Crippen molar-refractivity contribution >= 4 is 5.78 Å². The Bertz CT molecular complexity index is 308. The van der Waals surface area contributed by atoms with Gasteiger partial charge < -0.3 is 5.73 Å². The first-order valence-electron chi connectivity index (χ1n) is 5.50. The van der Waals surface area contributed by atoms with Crippen molar-refractivity contribution in [2.75, 3.05) is 0 Å². The zero-order valence-corrected chi connectivity index (χ0v) is 9.44. The summed E-state index contributed by atoms with van der Waals surface area (Å²) < 4.78 is 0. The van der Waals surface area contributed by atoms with Gasteiger partial charge in [-0.1, -0.05) is 44.2 Å². The second-order valence-corrected chi connectivity index (χ2v) is 3.94. The molecule has 0 aliphatic heterocycles. The Morgan fingerprint density at radius 2 is 1.93 bits per heavy atom. The summed E-state index contributed by atoms with van der Waals surface area (Å²) in [7, 11) is 0. The van der Waals surface area contributed by atoms with Crippen molar-refractivity contribution in [3.8, 4) is 0 Å². The first kappa shape index (κ1) is 11.9. The minimum absolute atomic E-state index is 0.0904. The Morgan fingerprint density at radius 3 is 2.47 bits per heavy atom.